The predicted octanol–water partition coefficient (Wildman–Crippen LogP) is -2.40. The first-order valence-corrected chi connectivity index (χ1v) is 14.4. The summed E-state index contributed by atoms with van der Waals surface area (Å²) in [7, 11) is 0. The fraction of sp³-hybridized carbons (Fsp3) is 0.556. The first-order chi connectivity index (χ1) is 20.2. The Morgan fingerprint density at radius 1 is 0.860 bits per heavy atom. The van der Waals surface area contributed by atoms with E-state index < -0.39 is 71.8 Å². The molecule has 0 fully saturated rings. The Labute approximate surface area is 256 Å². The second kappa shape index (κ2) is 18.6. The van der Waals surface area contributed by atoms with Crippen molar-refractivity contribution < 1.29 is 34.2 Å². The van der Waals surface area contributed by atoms with Crippen LogP contribution < -0.4 is 38.5 Å². The topological polar surface area (TPSA) is 264 Å². The molecule has 15 nitrogen and oxygen atoms in total. The zero-order valence-electron chi connectivity index (χ0n) is 24.5. The van der Waals surface area contributed by atoms with Crippen molar-refractivity contribution in [2.75, 3.05) is 12.3 Å². The lowest BCUT2D eigenvalue weighted by atomic mass is 10.00. The van der Waals surface area contributed by atoms with E-state index in [-0.39, 0.29) is 37.5 Å². The van der Waals surface area contributed by atoms with Gasteiger partial charge in [0.15, 0.2) is 5.96 Å². The third-order valence-corrected chi connectivity index (χ3v) is 6.71. The van der Waals surface area contributed by atoms with Crippen LogP contribution in [0.3, 0.4) is 0 Å². The molecule has 0 aromatic heterocycles. The Hall–Kier alpha value is -3.89. The van der Waals surface area contributed by atoms with Crippen molar-refractivity contribution >= 4 is 48.2 Å². The molecule has 0 aliphatic heterocycles. The standard InChI is InChI=1S/C27H44N8O7S/c1-14(2)20(24(39)32-18(26(41)42)10-7-11-31-27(29)30)34-23(38)19(12-16-8-5-4-6-9-16)33-25(40)21(15(3)36)35-22(37)17(28)13-43/h4-6,8-9,14-15,17-21,36,43H,7,10-13,28H2,1-3H3,(H,32,39)(H,33,40)(H,34,38)(H,35,37)(H,41,42)(H4,29,30,31)/t15-,17-,18-,19-,20-,21-/m0/s1. The Morgan fingerprint density at radius 2 is 1.42 bits per heavy atom. The van der Waals surface area contributed by atoms with Gasteiger partial charge in [-0.05, 0) is 31.2 Å². The summed E-state index contributed by atoms with van der Waals surface area (Å²) in [6, 6.07) is 2.59. The summed E-state index contributed by atoms with van der Waals surface area (Å²) in [6.07, 6.45) is -1.03. The maximum atomic E-state index is 13.5. The number of nitrogens with two attached hydrogens (primary N) is 3. The molecule has 0 heterocycles. The molecule has 43 heavy (non-hydrogen) atoms. The Morgan fingerprint density at radius 3 is 1.93 bits per heavy atom. The number of carbonyl (C=O) groups excluding carboxylic acids is 4. The number of nitrogens with zero attached hydrogens (tertiary/aromatic N) is 1. The number of guanidine groups is 1. The van der Waals surface area contributed by atoms with E-state index >= 15 is 0 Å². The predicted molar refractivity (Wildman–Crippen MR) is 164 cm³/mol. The number of thiol groups is 1. The van der Waals surface area contributed by atoms with Crippen LogP contribution in [0.25, 0.3) is 0 Å². The van der Waals surface area contributed by atoms with Gasteiger partial charge >= 0.3 is 5.97 Å². The Bertz CT molecular complexity index is 1120. The molecule has 0 radical (unpaired) electrons. The van der Waals surface area contributed by atoms with Crippen LogP contribution in [0.5, 0.6) is 0 Å². The number of carboxylic acids is 1. The maximum absolute atomic E-state index is 13.5. The SMILES string of the molecule is CC(C)[C@H](NC(=O)[C@H](Cc1ccccc1)NC(=O)[C@@H](NC(=O)[C@@H](N)CS)[C@H](C)O)C(=O)N[C@@H](CCCN=C(N)N)C(=O)O. The fourth-order valence-corrected chi connectivity index (χ4v) is 4.05. The van der Waals surface area contributed by atoms with Crippen LogP contribution in [0.4, 0.5) is 0 Å². The number of amides is 4. The molecule has 1 aromatic carbocycles. The van der Waals surface area contributed by atoms with Crippen molar-refractivity contribution in [2.24, 2.45) is 28.1 Å². The lowest BCUT2D eigenvalue weighted by molar-refractivity contribution is -0.142. The molecule has 0 aliphatic rings. The highest BCUT2D eigenvalue weighted by atomic mass is 32.1. The van der Waals surface area contributed by atoms with Crippen molar-refractivity contribution in [2.45, 2.75) is 76.3 Å². The summed E-state index contributed by atoms with van der Waals surface area (Å²) in [5, 5.41) is 29.8. The van der Waals surface area contributed by atoms with Gasteiger partial charge in [0.25, 0.3) is 0 Å². The normalized spacial score (nSPS) is 15.1. The van der Waals surface area contributed by atoms with Gasteiger partial charge in [0.2, 0.25) is 23.6 Å². The van der Waals surface area contributed by atoms with E-state index in [1.54, 1.807) is 44.2 Å². The number of hydrogen-bond donors (Lipinski definition) is 10. The van der Waals surface area contributed by atoms with Crippen molar-refractivity contribution in [3.05, 3.63) is 35.9 Å². The maximum Gasteiger partial charge on any atom is 0.326 e. The molecule has 0 bridgehead atoms. The minimum absolute atomic E-state index is 0.00330. The molecule has 4 amide bonds. The summed E-state index contributed by atoms with van der Waals surface area (Å²) in [5.74, 6) is -4.95. The summed E-state index contributed by atoms with van der Waals surface area (Å²) in [5.41, 5.74) is 16.9. The van der Waals surface area contributed by atoms with Crippen molar-refractivity contribution in [3.8, 4) is 0 Å². The molecule has 1 rings (SSSR count). The van der Waals surface area contributed by atoms with Crippen LogP contribution in [-0.4, -0.2) is 94.4 Å². The molecule has 0 saturated carbocycles. The summed E-state index contributed by atoms with van der Waals surface area (Å²) in [4.78, 5) is 67.7. The summed E-state index contributed by atoms with van der Waals surface area (Å²) in [6.45, 7) is 4.78. The highest BCUT2D eigenvalue weighted by Crippen LogP contribution is 2.09. The van der Waals surface area contributed by atoms with Gasteiger partial charge in [-0.1, -0.05) is 44.2 Å². The average Bonchev–Trinajstić information content (AvgIpc) is 2.94. The van der Waals surface area contributed by atoms with Crippen LogP contribution in [0.1, 0.15) is 39.2 Å². The molecule has 6 atom stereocenters. The van der Waals surface area contributed by atoms with Crippen LogP contribution in [0, 0.1) is 5.92 Å². The fourth-order valence-electron chi connectivity index (χ4n) is 3.88. The monoisotopic (exact) mass is 624 g/mol. The molecule has 0 spiro atoms. The van der Waals surface area contributed by atoms with Crippen LogP contribution in [-0.2, 0) is 30.4 Å². The number of aliphatic carboxylic acids is 1. The molecule has 1 aromatic rings. The van der Waals surface area contributed by atoms with E-state index in [9.17, 15) is 34.2 Å². The number of carbonyl (C=O) groups is 5. The zero-order valence-corrected chi connectivity index (χ0v) is 25.4. The Kier molecular flexibility index (Phi) is 16.1. The first-order valence-electron chi connectivity index (χ1n) is 13.8. The number of aliphatic hydroxyl groups excluding tert-OH is 1. The smallest absolute Gasteiger partial charge is 0.326 e. The molecule has 0 aliphatic carbocycles. The molecule has 12 N–H and O–H groups in total. The van der Waals surface area contributed by atoms with E-state index in [1.165, 1.54) is 6.92 Å². The minimum atomic E-state index is -1.44. The van der Waals surface area contributed by atoms with Gasteiger partial charge in [-0.2, -0.15) is 12.6 Å². The molecular formula is C27H44N8O7S. The van der Waals surface area contributed by atoms with Gasteiger partial charge in [0.05, 0.1) is 12.1 Å². The zero-order chi connectivity index (χ0) is 32.7. The van der Waals surface area contributed by atoms with E-state index in [2.05, 4.69) is 38.9 Å². The van der Waals surface area contributed by atoms with E-state index in [1.807, 2.05) is 0 Å². The number of aliphatic imine (C=N–C) groups is 1. The molecule has 240 valence electrons. The number of nitrogens with one attached hydrogen (secondary N) is 4. The third-order valence-electron chi connectivity index (χ3n) is 6.32. The Balaban J connectivity index is 3.16. The second-order valence-corrected chi connectivity index (χ2v) is 10.7. The minimum Gasteiger partial charge on any atom is -0.480 e. The van der Waals surface area contributed by atoms with Gasteiger partial charge in [0, 0.05) is 18.7 Å². The van der Waals surface area contributed by atoms with Crippen LogP contribution in [0.15, 0.2) is 35.3 Å². The largest absolute Gasteiger partial charge is 0.480 e. The second-order valence-electron chi connectivity index (χ2n) is 10.3. The molecule has 0 unspecified atom stereocenters. The highest BCUT2D eigenvalue weighted by molar-refractivity contribution is 7.80. The van der Waals surface area contributed by atoms with Gasteiger partial charge in [0.1, 0.15) is 24.2 Å². The quantitative estimate of drug-likeness (QED) is 0.0358. The van der Waals surface area contributed by atoms with Gasteiger partial charge < -0.3 is 48.7 Å². The van der Waals surface area contributed by atoms with Crippen LogP contribution >= 0.6 is 12.6 Å². The van der Waals surface area contributed by atoms with E-state index in [0.717, 1.165) is 0 Å². The lowest BCUT2D eigenvalue weighted by Crippen LogP contribution is -2.61. The average molecular weight is 625 g/mol. The van der Waals surface area contributed by atoms with Crippen LogP contribution in [0.2, 0.25) is 0 Å². The number of rotatable bonds is 18. The number of hydrogen-bond acceptors (Lipinski definition) is 9. The highest BCUT2D eigenvalue weighted by Gasteiger charge is 2.34. The lowest BCUT2D eigenvalue weighted by Gasteiger charge is -2.28. The third kappa shape index (κ3) is 13.3. The van der Waals surface area contributed by atoms with Crippen molar-refractivity contribution in [1.29, 1.82) is 0 Å². The number of aliphatic hydroxyl groups is 1. The van der Waals surface area contributed by atoms with Crippen molar-refractivity contribution in [1.82, 2.24) is 21.3 Å². The van der Waals surface area contributed by atoms with Gasteiger partial charge in [-0.15, -0.1) is 0 Å². The summed E-state index contributed by atoms with van der Waals surface area (Å²) >= 11 is 3.96. The molecule has 0 saturated heterocycles. The summed E-state index contributed by atoms with van der Waals surface area (Å²) < 4.78 is 0. The van der Waals surface area contributed by atoms with E-state index in [4.69, 9.17) is 17.2 Å². The van der Waals surface area contributed by atoms with Gasteiger partial charge in [-0.3, -0.25) is 24.2 Å². The van der Waals surface area contributed by atoms with E-state index in [0.29, 0.717) is 5.56 Å². The molecule has 16 heteroatoms. The molecular weight excluding hydrogens is 580 g/mol. The number of carboxylic acid groups (broad SMARTS) is 1. The van der Waals surface area contributed by atoms with Crippen molar-refractivity contribution in [3.63, 3.8) is 0 Å². The van der Waals surface area contributed by atoms with Gasteiger partial charge in [-0.25, -0.2) is 4.79 Å². The number of benzene rings is 1. The first kappa shape index (κ1) is 37.1.